The molecule has 0 aliphatic heterocycles. The van der Waals surface area contributed by atoms with Crippen LogP contribution in [-0.4, -0.2) is 24.5 Å². The van der Waals surface area contributed by atoms with E-state index in [-0.39, 0.29) is 17.3 Å². The van der Waals surface area contributed by atoms with Crippen LogP contribution >= 0.6 is 12.6 Å². The van der Waals surface area contributed by atoms with Crippen molar-refractivity contribution < 1.29 is 22.7 Å². The number of halogens is 3. The Labute approximate surface area is 118 Å². The standard InChI is InChI=1S/C11H12F3N3O2S/c1-15-17-10(20)16-9(18)6-7-3-2-4-8(5-7)19-11(12,13)14/h2-5,15H,6H2,1H3,(H2,16,17,18,20). The maximum absolute atomic E-state index is 12.1. The number of alkyl halides is 3. The van der Waals surface area contributed by atoms with Gasteiger partial charge in [-0.3, -0.25) is 4.79 Å². The minimum atomic E-state index is -4.77. The highest BCUT2D eigenvalue weighted by molar-refractivity contribution is 7.96. The van der Waals surface area contributed by atoms with Crippen molar-refractivity contribution in [2.75, 3.05) is 7.05 Å². The summed E-state index contributed by atoms with van der Waals surface area (Å²) in [5, 5.41) is 6.00. The van der Waals surface area contributed by atoms with Crippen molar-refractivity contribution in [1.82, 2.24) is 10.7 Å². The number of nitrogens with zero attached hydrogens (tertiary/aromatic N) is 1. The minimum Gasteiger partial charge on any atom is -0.406 e. The fraction of sp³-hybridized carbons (Fsp3) is 0.273. The number of hydrogen-bond donors (Lipinski definition) is 3. The van der Waals surface area contributed by atoms with Gasteiger partial charge in [-0.25, -0.2) is 0 Å². The molecule has 0 heterocycles. The van der Waals surface area contributed by atoms with Crippen LogP contribution in [0.3, 0.4) is 0 Å². The zero-order valence-corrected chi connectivity index (χ0v) is 11.3. The molecule has 9 heteroatoms. The van der Waals surface area contributed by atoms with Gasteiger partial charge >= 0.3 is 6.36 Å². The maximum atomic E-state index is 12.1. The summed E-state index contributed by atoms with van der Waals surface area (Å²) in [6, 6.07) is 5.17. The van der Waals surface area contributed by atoms with E-state index in [1.165, 1.54) is 19.2 Å². The zero-order chi connectivity index (χ0) is 15.2. The van der Waals surface area contributed by atoms with Gasteiger partial charge in [-0.05, 0) is 17.7 Å². The topological polar surface area (TPSA) is 62.7 Å². The van der Waals surface area contributed by atoms with E-state index >= 15 is 0 Å². The van der Waals surface area contributed by atoms with Gasteiger partial charge in [0.1, 0.15) is 5.75 Å². The van der Waals surface area contributed by atoms with Crippen molar-refractivity contribution in [2.24, 2.45) is 5.10 Å². The van der Waals surface area contributed by atoms with Gasteiger partial charge in [-0.2, -0.15) is 5.10 Å². The second-order valence-corrected chi connectivity index (χ2v) is 4.00. The van der Waals surface area contributed by atoms with Crippen LogP contribution in [0, 0.1) is 0 Å². The van der Waals surface area contributed by atoms with Crippen LogP contribution in [0.4, 0.5) is 13.2 Å². The Morgan fingerprint density at radius 3 is 2.75 bits per heavy atom. The van der Waals surface area contributed by atoms with E-state index in [9.17, 15) is 18.0 Å². The van der Waals surface area contributed by atoms with Crippen molar-refractivity contribution in [2.45, 2.75) is 12.8 Å². The molecule has 0 radical (unpaired) electrons. The molecular weight excluding hydrogens is 295 g/mol. The van der Waals surface area contributed by atoms with Gasteiger partial charge in [-0.15, -0.1) is 25.8 Å². The molecule has 0 aromatic heterocycles. The number of hydrogen-bond acceptors (Lipinski definition) is 4. The predicted molar refractivity (Wildman–Crippen MR) is 70.5 cm³/mol. The Balaban J connectivity index is 2.66. The van der Waals surface area contributed by atoms with Crippen LogP contribution in [-0.2, 0) is 11.2 Å². The lowest BCUT2D eigenvalue weighted by Crippen LogP contribution is -2.29. The van der Waals surface area contributed by atoms with Gasteiger partial charge in [0.05, 0.1) is 6.42 Å². The molecule has 0 spiro atoms. The molecule has 5 nitrogen and oxygen atoms in total. The van der Waals surface area contributed by atoms with Crippen LogP contribution in [0.2, 0.25) is 0 Å². The van der Waals surface area contributed by atoms with Gasteiger partial charge in [0, 0.05) is 7.05 Å². The highest BCUT2D eigenvalue weighted by atomic mass is 32.1. The van der Waals surface area contributed by atoms with Crippen LogP contribution in [0.15, 0.2) is 29.4 Å². The lowest BCUT2D eigenvalue weighted by atomic mass is 10.1. The number of hydrazone groups is 1. The zero-order valence-electron chi connectivity index (χ0n) is 10.4. The second kappa shape index (κ2) is 7.04. The fourth-order valence-corrected chi connectivity index (χ4v) is 1.57. The van der Waals surface area contributed by atoms with E-state index in [1.807, 2.05) is 0 Å². The van der Waals surface area contributed by atoms with Crippen LogP contribution < -0.4 is 15.5 Å². The monoisotopic (exact) mass is 307 g/mol. The lowest BCUT2D eigenvalue weighted by molar-refractivity contribution is -0.274. The summed E-state index contributed by atoms with van der Waals surface area (Å²) in [4.78, 5) is 11.6. The molecule has 0 saturated carbocycles. The SMILES string of the molecule is CN/N=C(\S)NC(=O)Cc1cccc(OC(F)(F)F)c1. The molecule has 2 N–H and O–H groups in total. The van der Waals surface area contributed by atoms with E-state index in [0.717, 1.165) is 12.1 Å². The molecule has 0 bridgehead atoms. The number of nitrogens with one attached hydrogen (secondary N) is 2. The molecule has 0 atom stereocenters. The number of amides is 1. The molecule has 0 aliphatic rings. The first kappa shape index (κ1) is 16.2. The summed E-state index contributed by atoms with van der Waals surface area (Å²) >= 11 is 3.87. The van der Waals surface area contributed by atoms with E-state index in [0.29, 0.717) is 5.56 Å². The molecule has 1 aromatic carbocycles. The van der Waals surface area contributed by atoms with E-state index < -0.39 is 12.3 Å². The van der Waals surface area contributed by atoms with Crippen molar-refractivity contribution in [1.29, 1.82) is 0 Å². The number of carbonyl (C=O) groups is 1. The maximum Gasteiger partial charge on any atom is 0.573 e. The van der Waals surface area contributed by atoms with Crippen molar-refractivity contribution in [3.8, 4) is 5.75 Å². The summed E-state index contributed by atoms with van der Waals surface area (Å²) in [6.45, 7) is 0. The molecule has 1 aromatic rings. The largest absolute Gasteiger partial charge is 0.573 e. The molecule has 0 unspecified atom stereocenters. The third kappa shape index (κ3) is 6.32. The summed E-state index contributed by atoms with van der Waals surface area (Å²) < 4.78 is 39.9. The average Bonchev–Trinajstić information content (AvgIpc) is 2.26. The highest BCUT2D eigenvalue weighted by Gasteiger charge is 2.31. The Hall–Kier alpha value is -1.90. The number of benzene rings is 1. The summed E-state index contributed by atoms with van der Waals surface area (Å²) in [7, 11) is 1.53. The molecular formula is C11H12F3N3O2S. The first-order valence-corrected chi connectivity index (χ1v) is 5.83. The fourth-order valence-electron chi connectivity index (χ4n) is 1.34. The van der Waals surface area contributed by atoms with Crippen molar-refractivity contribution in [3.05, 3.63) is 29.8 Å². The van der Waals surface area contributed by atoms with Crippen molar-refractivity contribution >= 4 is 23.7 Å². The lowest BCUT2D eigenvalue weighted by Gasteiger charge is -2.10. The number of amidine groups is 1. The quantitative estimate of drug-likeness (QED) is 0.343. The van der Waals surface area contributed by atoms with Crippen LogP contribution in [0.1, 0.15) is 5.56 Å². The number of carbonyl (C=O) groups excluding carboxylic acids is 1. The molecule has 0 saturated heterocycles. The molecule has 1 amide bonds. The van der Waals surface area contributed by atoms with Gasteiger partial charge in [-0.1, -0.05) is 12.1 Å². The van der Waals surface area contributed by atoms with Gasteiger partial charge < -0.3 is 15.5 Å². The van der Waals surface area contributed by atoms with Crippen molar-refractivity contribution in [3.63, 3.8) is 0 Å². The van der Waals surface area contributed by atoms with E-state index in [1.54, 1.807) is 0 Å². The molecule has 0 fully saturated rings. The van der Waals surface area contributed by atoms with Crippen LogP contribution in [0.25, 0.3) is 0 Å². The number of ether oxygens (including phenoxy) is 1. The molecule has 20 heavy (non-hydrogen) atoms. The average molecular weight is 307 g/mol. The van der Waals surface area contributed by atoms with Crippen LogP contribution in [0.5, 0.6) is 5.75 Å². The molecule has 0 aliphatic carbocycles. The van der Waals surface area contributed by atoms with Gasteiger partial charge in [0.2, 0.25) is 5.91 Å². The predicted octanol–water partition coefficient (Wildman–Crippen LogP) is 1.66. The smallest absolute Gasteiger partial charge is 0.406 e. The Kier molecular flexibility index (Phi) is 5.68. The third-order valence-electron chi connectivity index (χ3n) is 1.97. The first-order chi connectivity index (χ1) is 9.30. The minimum absolute atomic E-state index is 0.0557. The first-order valence-electron chi connectivity index (χ1n) is 5.38. The van der Waals surface area contributed by atoms with Gasteiger partial charge in [0.15, 0.2) is 5.17 Å². The Bertz CT molecular complexity index is 506. The van der Waals surface area contributed by atoms with E-state index in [2.05, 4.69) is 33.2 Å². The third-order valence-corrected chi connectivity index (χ3v) is 2.18. The Morgan fingerprint density at radius 2 is 2.15 bits per heavy atom. The summed E-state index contributed by atoms with van der Waals surface area (Å²) in [5.74, 6) is -0.837. The summed E-state index contributed by atoms with van der Waals surface area (Å²) in [6.07, 6.45) is -4.89. The van der Waals surface area contributed by atoms with E-state index in [4.69, 9.17) is 0 Å². The summed E-state index contributed by atoms with van der Waals surface area (Å²) in [5.41, 5.74) is 2.79. The molecule has 110 valence electrons. The normalized spacial score (nSPS) is 11.9. The van der Waals surface area contributed by atoms with Gasteiger partial charge in [0.25, 0.3) is 0 Å². The number of thiol groups is 1. The number of rotatable bonds is 4. The highest BCUT2D eigenvalue weighted by Crippen LogP contribution is 2.23. The Morgan fingerprint density at radius 1 is 1.45 bits per heavy atom. The second-order valence-electron chi connectivity index (χ2n) is 3.58. The molecule has 1 rings (SSSR count).